The Morgan fingerprint density at radius 1 is 0.963 bits per heavy atom. The van der Waals surface area contributed by atoms with Crippen molar-refractivity contribution in [1.29, 1.82) is 0 Å². The van der Waals surface area contributed by atoms with Crippen molar-refractivity contribution in [1.82, 2.24) is 5.43 Å². The van der Waals surface area contributed by atoms with Gasteiger partial charge in [0.05, 0.1) is 6.21 Å². The van der Waals surface area contributed by atoms with E-state index in [1.54, 1.807) is 42.6 Å². The van der Waals surface area contributed by atoms with Gasteiger partial charge in [-0.1, -0.05) is 43.0 Å². The second-order valence-corrected chi connectivity index (χ2v) is 7.09. The van der Waals surface area contributed by atoms with Crippen LogP contribution in [0.3, 0.4) is 0 Å². The van der Waals surface area contributed by atoms with E-state index in [1.165, 1.54) is 6.42 Å². The molecule has 0 radical (unpaired) electrons. The van der Waals surface area contributed by atoms with Gasteiger partial charge in [-0.15, -0.1) is 0 Å². The van der Waals surface area contributed by atoms with Gasteiger partial charge in [0.15, 0.2) is 0 Å². The van der Waals surface area contributed by atoms with Crippen molar-refractivity contribution in [2.45, 2.75) is 32.1 Å². The summed E-state index contributed by atoms with van der Waals surface area (Å²) in [5.41, 5.74) is 4.49. The molecule has 2 aromatic rings. The number of halogens is 1. The van der Waals surface area contributed by atoms with Crippen LogP contribution in [0, 0.1) is 5.92 Å². The first-order chi connectivity index (χ1) is 13.1. The number of anilines is 1. The van der Waals surface area contributed by atoms with E-state index < -0.39 is 0 Å². The molecule has 6 heteroatoms. The molecule has 2 aromatic carbocycles. The maximum atomic E-state index is 12.3. The van der Waals surface area contributed by atoms with Gasteiger partial charge in [0.1, 0.15) is 0 Å². The molecule has 0 heterocycles. The summed E-state index contributed by atoms with van der Waals surface area (Å²) in [5, 5.41) is 7.52. The summed E-state index contributed by atoms with van der Waals surface area (Å²) >= 11 is 5.82. The van der Waals surface area contributed by atoms with Crippen LogP contribution in [-0.4, -0.2) is 18.0 Å². The third-order valence-corrected chi connectivity index (χ3v) is 4.89. The van der Waals surface area contributed by atoms with Gasteiger partial charge < -0.3 is 5.32 Å². The zero-order valence-corrected chi connectivity index (χ0v) is 15.7. The van der Waals surface area contributed by atoms with Crippen LogP contribution in [0.15, 0.2) is 53.6 Å². The lowest BCUT2D eigenvalue weighted by atomic mass is 9.88. The highest BCUT2D eigenvalue weighted by Gasteiger charge is 2.21. The van der Waals surface area contributed by atoms with Gasteiger partial charge in [0.2, 0.25) is 5.91 Å². The monoisotopic (exact) mass is 383 g/mol. The topological polar surface area (TPSA) is 70.6 Å². The number of hydrogen-bond donors (Lipinski definition) is 2. The summed E-state index contributed by atoms with van der Waals surface area (Å²) < 4.78 is 0. The summed E-state index contributed by atoms with van der Waals surface area (Å²) in [4.78, 5) is 24.4. The van der Waals surface area contributed by atoms with Crippen LogP contribution < -0.4 is 10.7 Å². The number of hydrogen-bond acceptors (Lipinski definition) is 3. The fourth-order valence-corrected chi connectivity index (χ4v) is 3.22. The molecule has 1 aliphatic rings. The predicted molar refractivity (Wildman–Crippen MR) is 108 cm³/mol. The lowest BCUT2D eigenvalue weighted by Gasteiger charge is -2.20. The number of nitrogens with zero attached hydrogens (tertiary/aromatic N) is 1. The van der Waals surface area contributed by atoms with Crippen molar-refractivity contribution in [3.05, 3.63) is 64.7 Å². The Kier molecular flexibility index (Phi) is 6.60. The third kappa shape index (κ3) is 5.66. The van der Waals surface area contributed by atoms with E-state index >= 15 is 0 Å². The Morgan fingerprint density at radius 2 is 1.63 bits per heavy atom. The van der Waals surface area contributed by atoms with Gasteiger partial charge in [-0.2, -0.15) is 5.10 Å². The number of carbonyl (C=O) groups excluding carboxylic acids is 2. The minimum atomic E-state index is -0.314. The number of benzene rings is 2. The van der Waals surface area contributed by atoms with Crippen LogP contribution in [0.5, 0.6) is 0 Å². The molecule has 140 valence electrons. The molecule has 5 nitrogen and oxygen atoms in total. The Balaban J connectivity index is 1.52. The fraction of sp³-hybridized carbons (Fsp3) is 0.286. The predicted octanol–water partition coefficient (Wildman–Crippen LogP) is 4.62. The van der Waals surface area contributed by atoms with Crippen LogP contribution in [0.1, 0.15) is 48.0 Å². The number of nitrogens with one attached hydrogen (secondary N) is 2. The highest BCUT2D eigenvalue weighted by atomic mass is 35.5. The standard InChI is InChI=1S/C21H22ClN3O2/c22-18-10-6-15(7-11-18)14-23-25-21(27)17-8-12-19(13-9-17)24-20(26)16-4-2-1-3-5-16/h6-14,16H,1-5H2,(H,24,26)(H,25,27)/b23-14+. The molecule has 0 bridgehead atoms. The number of hydrazone groups is 1. The molecule has 0 aromatic heterocycles. The molecule has 0 spiro atoms. The molecule has 2 N–H and O–H groups in total. The van der Waals surface area contributed by atoms with E-state index in [1.807, 2.05) is 12.1 Å². The van der Waals surface area contributed by atoms with Gasteiger partial charge >= 0.3 is 0 Å². The summed E-state index contributed by atoms with van der Waals surface area (Å²) in [6, 6.07) is 13.9. The normalized spacial score (nSPS) is 14.9. The number of rotatable bonds is 5. The zero-order valence-electron chi connectivity index (χ0n) is 15.0. The molecule has 1 saturated carbocycles. The molecule has 0 unspecified atom stereocenters. The van der Waals surface area contributed by atoms with Gasteiger partial charge in [-0.05, 0) is 54.8 Å². The van der Waals surface area contributed by atoms with Crippen LogP contribution in [0.4, 0.5) is 5.69 Å². The van der Waals surface area contributed by atoms with Crippen molar-refractivity contribution < 1.29 is 9.59 Å². The van der Waals surface area contributed by atoms with Crippen LogP contribution >= 0.6 is 11.6 Å². The van der Waals surface area contributed by atoms with Crippen LogP contribution in [0.2, 0.25) is 5.02 Å². The van der Waals surface area contributed by atoms with Crippen LogP contribution in [0.25, 0.3) is 0 Å². The summed E-state index contributed by atoms with van der Waals surface area (Å²) in [5.74, 6) is -0.145. The molecule has 2 amide bonds. The minimum Gasteiger partial charge on any atom is -0.326 e. The van der Waals surface area contributed by atoms with E-state index in [4.69, 9.17) is 11.6 Å². The molecular formula is C21H22ClN3O2. The third-order valence-electron chi connectivity index (χ3n) is 4.64. The number of amides is 2. The van der Waals surface area contributed by atoms with E-state index in [0.717, 1.165) is 31.2 Å². The second kappa shape index (κ2) is 9.33. The highest BCUT2D eigenvalue weighted by Crippen LogP contribution is 2.25. The first-order valence-electron chi connectivity index (χ1n) is 9.12. The smallest absolute Gasteiger partial charge is 0.271 e. The SMILES string of the molecule is O=C(N/N=C/c1ccc(Cl)cc1)c1ccc(NC(=O)C2CCCCC2)cc1. The van der Waals surface area contributed by atoms with E-state index in [9.17, 15) is 9.59 Å². The number of carbonyl (C=O) groups is 2. The second-order valence-electron chi connectivity index (χ2n) is 6.65. The van der Waals surface area contributed by atoms with Gasteiger partial charge in [-0.3, -0.25) is 9.59 Å². The van der Waals surface area contributed by atoms with Gasteiger partial charge in [-0.25, -0.2) is 5.43 Å². The largest absolute Gasteiger partial charge is 0.326 e. The Labute approximate surface area is 163 Å². The van der Waals surface area contributed by atoms with Crippen molar-refractivity contribution >= 4 is 35.3 Å². The molecule has 1 fully saturated rings. The molecular weight excluding hydrogens is 362 g/mol. The summed E-state index contributed by atoms with van der Waals surface area (Å²) in [6.07, 6.45) is 6.92. The molecule has 0 aliphatic heterocycles. The highest BCUT2D eigenvalue weighted by molar-refractivity contribution is 6.30. The quantitative estimate of drug-likeness (QED) is 0.584. The Morgan fingerprint density at radius 3 is 2.30 bits per heavy atom. The fourth-order valence-electron chi connectivity index (χ4n) is 3.09. The van der Waals surface area contributed by atoms with Crippen molar-refractivity contribution in [3.63, 3.8) is 0 Å². The van der Waals surface area contributed by atoms with E-state index in [0.29, 0.717) is 16.3 Å². The average Bonchev–Trinajstić information content (AvgIpc) is 2.70. The van der Waals surface area contributed by atoms with Crippen molar-refractivity contribution in [3.8, 4) is 0 Å². The molecule has 27 heavy (non-hydrogen) atoms. The Hall–Kier alpha value is -2.66. The van der Waals surface area contributed by atoms with Gasteiger partial charge in [0.25, 0.3) is 5.91 Å². The van der Waals surface area contributed by atoms with Crippen LogP contribution in [-0.2, 0) is 4.79 Å². The lowest BCUT2D eigenvalue weighted by molar-refractivity contribution is -0.120. The first kappa shape index (κ1) is 19.1. The molecule has 0 atom stereocenters. The van der Waals surface area contributed by atoms with Crippen molar-refractivity contribution in [2.24, 2.45) is 11.0 Å². The molecule has 3 rings (SSSR count). The molecule has 1 aliphatic carbocycles. The Bertz CT molecular complexity index is 810. The minimum absolute atomic E-state index is 0.0690. The zero-order chi connectivity index (χ0) is 19.1. The summed E-state index contributed by atoms with van der Waals surface area (Å²) in [6.45, 7) is 0. The first-order valence-corrected chi connectivity index (χ1v) is 9.49. The van der Waals surface area contributed by atoms with Gasteiger partial charge in [0, 0.05) is 22.2 Å². The summed E-state index contributed by atoms with van der Waals surface area (Å²) in [7, 11) is 0. The van der Waals surface area contributed by atoms with E-state index in [2.05, 4.69) is 15.8 Å². The lowest BCUT2D eigenvalue weighted by Crippen LogP contribution is -2.24. The maximum Gasteiger partial charge on any atom is 0.271 e. The van der Waals surface area contributed by atoms with Crippen molar-refractivity contribution in [2.75, 3.05) is 5.32 Å². The average molecular weight is 384 g/mol. The molecule has 0 saturated heterocycles. The maximum absolute atomic E-state index is 12.3. The van der Waals surface area contributed by atoms with E-state index in [-0.39, 0.29) is 17.7 Å².